The van der Waals surface area contributed by atoms with Gasteiger partial charge in [0, 0.05) is 0 Å². The van der Waals surface area contributed by atoms with E-state index in [0.29, 0.717) is 0 Å². The summed E-state index contributed by atoms with van der Waals surface area (Å²) in [5.74, 6) is 0. The second-order valence-electron chi connectivity index (χ2n) is 15.2. The first-order valence-electron chi connectivity index (χ1n) is 21.1. The van der Waals surface area contributed by atoms with Gasteiger partial charge in [-0.15, -0.1) is 0 Å². The molecule has 292 valence electrons. The molecule has 0 N–H and O–H groups in total. The van der Waals surface area contributed by atoms with Gasteiger partial charge in [0.1, 0.15) is 0 Å². The standard InChI is InChI=1S/C55H58NP2/c1-2-27-48(28-12-4-3-5-25-46-57(50-29-13-6-14-30-50,51-31-15-7-16-32-51)52-33-17-8-18-34-52)49-41-44-56(45-42-49)43-26-47-58(53-35-19-9-20-36-53,54-37-21-10-22-38-54)55-39-23-11-24-40-55/h2,4,6-24,27-42,44-45,57-58H,3,5,25-26,43,46-47H2,1H3/q+1/b12-4+,27-2-,48-28+. The van der Waals surface area contributed by atoms with Crippen LogP contribution in [0, 0.1) is 0 Å². The van der Waals surface area contributed by atoms with Crippen molar-refractivity contribution in [2.24, 2.45) is 0 Å². The Morgan fingerprint density at radius 2 is 0.810 bits per heavy atom. The van der Waals surface area contributed by atoms with Gasteiger partial charge in [-0.05, 0) is 0 Å². The van der Waals surface area contributed by atoms with E-state index >= 15 is 0 Å². The topological polar surface area (TPSA) is 3.88 Å². The summed E-state index contributed by atoms with van der Waals surface area (Å²) in [7, 11) is -4.42. The molecule has 58 heavy (non-hydrogen) atoms. The molecule has 0 bridgehead atoms. The molecule has 0 spiro atoms. The SMILES string of the molecule is C\C=C/C(=C\C=C\CCCC[PH](c1ccccc1)(c1ccccc1)c1ccccc1)c1cc[n+](CCC[PH](c2ccccc2)(c2ccccc2)c2ccccc2)cc1. The number of aromatic nitrogens is 1. The monoisotopic (exact) mass is 794 g/mol. The molecule has 0 aliphatic rings. The van der Waals surface area contributed by atoms with E-state index in [-0.39, 0.29) is 0 Å². The summed E-state index contributed by atoms with van der Waals surface area (Å²) in [6.07, 6.45) is 22.6. The van der Waals surface area contributed by atoms with Crippen LogP contribution in [-0.2, 0) is 6.54 Å². The van der Waals surface area contributed by atoms with Crippen molar-refractivity contribution in [3.8, 4) is 0 Å². The van der Waals surface area contributed by atoms with Crippen molar-refractivity contribution < 1.29 is 4.57 Å². The van der Waals surface area contributed by atoms with Crippen LogP contribution in [0.1, 0.15) is 38.2 Å². The van der Waals surface area contributed by atoms with Gasteiger partial charge in [-0.3, -0.25) is 0 Å². The first kappa shape index (κ1) is 40.7. The molecule has 1 heterocycles. The fraction of sp³-hybridized carbons (Fsp3) is 0.145. The molecule has 0 saturated heterocycles. The number of nitrogens with zero attached hydrogens (tertiary/aromatic N) is 1. The van der Waals surface area contributed by atoms with Crippen molar-refractivity contribution in [3.05, 3.63) is 242 Å². The zero-order chi connectivity index (χ0) is 39.7. The summed E-state index contributed by atoms with van der Waals surface area (Å²) in [4.78, 5) is 0. The molecular formula is C55H58NP2+. The molecule has 6 aromatic carbocycles. The van der Waals surface area contributed by atoms with Crippen LogP contribution in [0.5, 0.6) is 0 Å². The van der Waals surface area contributed by atoms with Gasteiger partial charge in [-0.2, -0.15) is 0 Å². The van der Waals surface area contributed by atoms with E-state index in [9.17, 15) is 0 Å². The van der Waals surface area contributed by atoms with Crippen molar-refractivity contribution in [1.29, 1.82) is 0 Å². The molecule has 0 fully saturated rings. The average Bonchev–Trinajstić information content (AvgIpc) is 3.30. The molecule has 0 radical (unpaired) electrons. The molecule has 0 aliphatic heterocycles. The summed E-state index contributed by atoms with van der Waals surface area (Å²) in [5.41, 5.74) is 2.48. The van der Waals surface area contributed by atoms with Crippen molar-refractivity contribution in [1.82, 2.24) is 0 Å². The summed E-state index contributed by atoms with van der Waals surface area (Å²) in [6, 6.07) is 72.2. The number of benzene rings is 6. The number of hydrogen-bond donors (Lipinski definition) is 0. The second-order valence-corrected chi connectivity index (χ2v) is 23.3. The molecule has 3 heteroatoms. The van der Waals surface area contributed by atoms with E-state index in [1.165, 1.54) is 62.0 Å². The third-order valence-corrected chi connectivity index (χ3v) is 21.8. The Hall–Kier alpha value is -5.45. The maximum atomic E-state index is 2.36. The van der Waals surface area contributed by atoms with Gasteiger partial charge in [-0.1, -0.05) is 0 Å². The second kappa shape index (κ2) is 20.8. The van der Waals surface area contributed by atoms with Crippen LogP contribution in [0.25, 0.3) is 5.57 Å². The Balaban J connectivity index is 1.01. The first-order chi connectivity index (χ1) is 28.7. The Labute approximate surface area is 348 Å². The van der Waals surface area contributed by atoms with Gasteiger partial charge >= 0.3 is 350 Å². The predicted molar refractivity (Wildman–Crippen MR) is 260 cm³/mol. The van der Waals surface area contributed by atoms with Crippen molar-refractivity contribution in [2.45, 2.75) is 39.2 Å². The van der Waals surface area contributed by atoms with E-state index in [0.717, 1.165) is 25.5 Å². The molecule has 0 amide bonds. The normalized spacial score (nSPS) is 12.9. The first-order valence-corrected chi connectivity index (χ1v) is 25.5. The zero-order valence-corrected chi connectivity index (χ0v) is 35.9. The minimum absolute atomic E-state index is 0.979. The fourth-order valence-corrected chi connectivity index (χ4v) is 18.6. The summed E-state index contributed by atoms with van der Waals surface area (Å²) < 4.78 is 2.36. The van der Waals surface area contributed by atoms with E-state index in [1.54, 1.807) is 0 Å². The third kappa shape index (κ3) is 9.63. The van der Waals surface area contributed by atoms with E-state index in [1.807, 2.05) is 0 Å². The van der Waals surface area contributed by atoms with Crippen LogP contribution < -0.4 is 36.4 Å². The zero-order valence-electron chi connectivity index (χ0n) is 33.9. The minimum atomic E-state index is -2.24. The number of pyridine rings is 1. The Morgan fingerprint density at radius 1 is 0.448 bits per heavy atom. The van der Waals surface area contributed by atoms with Crippen LogP contribution in [0.2, 0.25) is 0 Å². The molecule has 0 aliphatic carbocycles. The Bertz CT molecular complexity index is 2140. The number of allylic oxidation sites excluding steroid dienone is 6. The number of hydrogen-bond acceptors (Lipinski definition) is 0. The molecule has 0 saturated carbocycles. The molecule has 1 aromatic heterocycles. The number of aryl methyl sites for hydroxylation is 1. The molecule has 7 rings (SSSR count). The maximum absolute atomic E-state index is 2.36. The van der Waals surface area contributed by atoms with Gasteiger partial charge in [-0.25, -0.2) is 0 Å². The number of rotatable bonds is 18. The van der Waals surface area contributed by atoms with Gasteiger partial charge < -0.3 is 0 Å². The van der Waals surface area contributed by atoms with Gasteiger partial charge in [0.05, 0.1) is 0 Å². The van der Waals surface area contributed by atoms with E-state index in [4.69, 9.17) is 0 Å². The van der Waals surface area contributed by atoms with Crippen LogP contribution in [-0.4, -0.2) is 12.3 Å². The van der Waals surface area contributed by atoms with Crippen molar-refractivity contribution in [3.63, 3.8) is 0 Å². The molecule has 0 unspecified atom stereocenters. The fourth-order valence-electron chi connectivity index (χ4n) is 8.88. The molecule has 0 atom stereocenters. The average molecular weight is 795 g/mol. The van der Waals surface area contributed by atoms with Gasteiger partial charge in [0.15, 0.2) is 0 Å². The van der Waals surface area contributed by atoms with Crippen LogP contribution >= 0.6 is 14.5 Å². The Morgan fingerprint density at radius 3 is 1.17 bits per heavy atom. The molecular weight excluding hydrogens is 737 g/mol. The summed E-state index contributed by atoms with van der Waals surface area (Å²) in [5, 5.41) is 8.91. The quantitative estimate of drug-likeness (QED) is 0.0353. The molecule has 7 aromatic rings. The van der Waals surface area contributed by atoms with Gasteiger partial charge in [0.25, 0.3) is 0 Å². The van der Waals surface area contributed by atoms with Crippen LogP contribution in [0.3, 0.4) is 0 Å². The van der Waals surface area contributed by atoms with Crippen LogP contribution in [0.4, 0.5) is 0 Å². The van der Waals surface area contributed by atoms with E-state index in [2.05, 4.69) is 248 Å². The number of unbranched alkanes of at least 4 members (excludes halogenated alkanes) is 2. The third-order valence-electron chi connectivity index (χ3n) is 11.7. The Kier molecular flexibility index (Phi) is 14.6. The van der Waals surface area contributed by atoms with Crippen LogP contribution in [0.15, 0.2) is 237 Å². The summed E-state index contributed by atoms with van der Waals surface area (Å²) >= 11 is 0. The van der Waals surface area contributed by atoms with Crippen molar-refractivity contribution >= 4 is 51.9 Å². The predicted octanol–water partition coefficient (Wildman–Crippen LogP) is 10.5. The van der Waals surface area contributed by atoms with Crippen molar-refractivity contribution in [2.75, 3.05) is 12.3 Å². The summed E-state index contributed by atoms with van der Waals surface area (Å²) in [6.45, 7) is 3.08. The van der Waals surface area contributed by atoms with Gasteiger partial charge in [0.2, 0.25) is 0 Å². The van der Waals surface area contributed by atoms with E-state index < -0.39 is 14.5 Å². The molecule has 1 nitrogen and oxygen atoms in total.